The highest BCUT2D eigenvalue weighted by atomic mass is 16.6. The summed E-state index contributed by atoms with van der Waals surface area (Å²) in [6.07, 6.45) is 2.85. The maximum atomic E-state index is 10.6. The number of imidazole rings is 1. The minimum atomic E-state index is -1.19. The average Bonchev–Trinajstić information content (AvgIpc) is 2.74. The topological polar surface area (TPSA) is 105 Å². The second-order valence-corrected chi connectivity index (χ2v) is 2.23. The molecule has 2 N–H and O–H groups in total. The molecule has 0 unspecified atom stereocenters. The van der Waals surface area contributed by atoms with Gasteiger partial charge in [0.05, 0.1) is 18.2 Å². The molecule has 7 heteroatoms. The normalized spacial score (nSPS) is 10.2. The molecule has 66 valence electrons. The molecule has 0 fully saturated rings. The Balaban J connectivity index is 2.52. The number of carboxylic acid groups (broad SMARTS) is 1. The Morgan fingerprint density at radius 2 is 2.38 bits per heavy atom. The second kappa shape index (κ2) is 2.70. The molecule has 0 aliphatic carbocycles. The van der Waals surface area contributed by atoms with Crippen molar-refractivity contribution in [3.63, 3.8) is 0 Å². The van der Waals surface area contributed by atoms with Crippen LogP contribution in [0.25, 0.3) is 11.4 Å². The smallest absolute Gasteiger partial charge is 0.360 e. The van der Waals surface area contributed by atoms with Gasteiger partial charge in [-0.3, -0.25) is 0 Å². The SMILES string of the molecule is O=C(O)c1nonc1-c1cnc[nH]1. The molecule has 0 bridgehead atoms. The number of aromatic nitrogens is 4. The first-order valence-electron chi connectivity index (χ1n) is 3.33. The number of hydrogen-bond donors (Lipinski definition) is 2. The molecule has 7 nitrogen and oxygen atoms in total. The van der Waals surface area contributed by atoms with Crippen LogP contribution < -0.4 is 0 Å². The molecule has 13 heavy (non-hydrogen) atoms. The first-order chi connectivity index (χ1) is 6.29. The lowest BCUT2D eigenvalue weighted by molar-refractivity contribution is 0.0685. The van der Waals surface area contributed by atoms with Gasteiger partial charge in [-0.05, 0) is 10.3 Å². The van der Waals surface area contributed by atoms with Crippen molar-refractivity contribution >= 4 is 5.97 Å². The summed E-state index contributed by atoms with van der Waals surface area (Å²) in [5.74, 6) is -1.19. The molecule has 2 aromatic heterocycles. The first-order valence-corrected chi connectivity index (χ1v) is 3.33. The molecule has 0 atom stereocenters. The van der Waals surface area contributed by atoms with E-state index in [0.717, 1.165) is 0 Å². The standard InChI is InChI=1S/C6H4N4O3/c11-6(12)5-4(9-13-10-5)3-1-7-2-8-3/h1-2H,(H,7,8)(H,11,12). The Bertz CT molecular complexity index is 419. The van der Waals surface area contributed by atoms with Crippen LogP contribution in [0.1, 0.15) is 10.5 Å². The van der Waals surface area contributed by atoms with Gasteiger partial charge in [-0.2, -0.15) is 0 Å². The van der Waals surface area contributed by atoms with E-state index in [1.165, 1.54) is 12.5 Å². The van der Waals surface area contributed by atoms with E-state index in [9.17, 15) is 4.79 Å². The van der Waals surface area contributed by atoms with Crippen LogP contribution in [-0.4, -0.2) is 31.4 Å². The highest BCUT2D eigenvalue weighted by Gasteiger charge is 2.19. The Hall–Kier alpha value is -2.18. The molecule has 0 saturated heterocycles. The average molecular weight is 180 g/mol. The lowest BCUT2D eigenvalue weighted by atomic mass is 10.2. The fraction of sp³-hybridized carbons (Fsp3) is 0. The van der Waals surface area contributed by atoms with E-state index in [4.69, 9.17) is 5.11 Å². The number of aromatic carboxylic acids is 1. The van der Waals surface area contributed by atoms with Crippen molar-refractivity contribution in [2.75, 3.05) is 0 Å². The minimum absolute atomic E-state index is 0.144. The van der Waals surface area contributed by atoms with Gasteiger partial charge in [0.1, 0.15) is 0 Å². The van der Waals surface area contributed by atoms with E-state index in [-0.39, 0.29) is 11.4 Å². The lowest BCUT2D eigenvalue weighted by Gasteiger charge is -1.88. The Morgan fingerprint density at radius 1 is 1.54 bits per heavy atom. The first kappa shape index (κ1) is 7.47. The zero-order valence-electron chi connectivity index (χ0n) is 6.26. The maximum Gasteiger partial charge on any atom is 0.360 e. The fourth-order valence-corrected chi connectivity index (χ4v) is 0.891. The highest BCUT2D eigenvalue weighted by molar-refractivity contribution is 5.91. The molecule has 0 spiro atoms. The van der Waals surface area contributed by atoms with E-state index >= 15 is 0 Å². The summed E-state index contributed by atoms with van der Waals surface area (Å²) in [5.41, 5.74) is 0.368. The van der Waals surface area contributed by atoms with E-state index < -0.39 is 5.97 Å². The number of H-pyrrole nitrogens is 1. The number of carboxylic acids is 1. The highest BCUT2D eigenvalue weighted by Crippen LogP contribution is 2.16. The lowest BCUT2D eigenvalue weighted by Crippen LogP contribution is -1.99. The zero-order chi connectivity index (χ0) is 9.26. The number of aromatic amines is 1. The van der Waals surface area contributed by atoms with Gasteiger partial charge in [0.25, 0.3) is 0 Å². The van der Waals surface area contributed by atoms with Gasteiger partial charge < -0.3 is 10.1 Å². The van der Waals surface area contributed by atoms with Gasteiger partial charge >= 0.3 is 5.97 Å². The summed E-state index contributed by atoms with van der Waals surface area (Å²) in [4.78, 5) is 17.0. The van der Waals surface area contributed by atoms with E-state index in [1.807, 2.05) is 0 Å². The van der Waals surface area contributed by atoms with Crippen molar-refractivity contribution in [1.82, 2.24) is 20.3 Å². The number of nitrogens with one attached hydrogen (secondary N) is 1. The summed E-state index contributed by atoms with van der Waals surface area (Å²) in [7, 11) is 0. The van der Waals surface area contributed by atoms with Gasteiger partial charge in [-0.25, -0.2) is 14.4 Å². The molecule has 2 rings (SSSR count). The van der Waals surface area contributed by atoms with Crippen LogP contribution in [0.4, 0.5) is 0 Å². The van der Waals surface area contributed by atoms with E-state index in [1.54, 1.807) is 0 Å². The predicted octanol–water partition coefficient (Wildman–Crippen LogP) is 0.158. The van der Waals surface area contributed by atoms with Gasteiger partial charge in [0, 0.05) is 0 Å². The Kier molecular flexibility index (Phi) is 1.55. The molecule has 0 aliphatic rings. The third-order valence-electron chi connectivity index (χ3n) is 1.44. The van der Waals surface area contributed by atoms with Crippen LogP contribution in [0.5, 0.6) is 0 Å². The summed E-state index contributed by atoms with van der Waals surface area (Å²) < 4.78 is 4.30. The molecule has 0 amide bonds. The molecule has 0 aliphatic heterocycles. The molecule has 0 saturated carbocycles. The van der Waals surface area contributed by atoms with Crippen LogP contribution in [0.15, 0.2) is 17.2 Å². The van der Waals surface area contributed by atoms with E-state index in [0.29, 0.717) is 5.69 Å². The van der Waals surface area contributed by atoms with Crippen molar-refractivity contribution in [2.24, 2.45) is 0 Å². The number of rotatable bonds is 2. The Morgan fingerprint density at radius 3 is 3.00 bits per heavy atom. The predicted molar refractivity (Wildman–Crippen MR) is 38.8 cm³/mol. The molecular weight excluding hydrogens is 176 g/mol. The van der Waals surface area contributed by atoms with Gasteiger partial charge in [0.2, 0.25) is 5.69 Å². The van der Waals surface area contributed by atoms with Crippen molar-refractivity contribution < 1.29 is 14.5 Å². The zero-order valence-corrected chi connectivity index (χ0v) is 6.26. The Labute approximate surface area is 71.4 Å². The maximum absolute atomic E-state index is 10.6. The summed E-state index contributed by atoms with van der Waals surface area (Å²) >= 11 is 0. The van der Waals surface area contributed by atoms with Crippen molar-refractivity contribution in [3.8, 4) is 11.4 Å². The number of nitrogens with zero attached hydrogens (tertiary/aromatic N) is 3. The van der Waals surface area contributed by atoms with E-state index in [2.05, 4.69) is 24.9 Å². The summed E-state index contributed by atoms with van der Waals surface area (Å²) in [5, 5.41) is 15.3. The van der Waals surface area contributed by atoms with Gasteiger partial charge in [0.15, 0.2) is 5.69 Å². The van der Waals surface area contributed by atoms with Crippen LogP contribution in [0, 0.1) is 0 Å². The second-order valence-electron chi connectivity index (χ2n) is 2.23. The van der Waals surface area contributed by atoms with Crippen LogP contribution in [0.3, 0.4) is 0 Å². The third kappa shape index (κ3) is 1.15. The molecule has 0 radical (unpaired) electrons. The van der Waals surface area contributed by atoms with Crippen LogP contribution in [-0.2, 0) is 0 Å². The van der Waals surface area contributed by atoms with Crippen molar-refractivity contribution in [2.45, 2.75) is 0 Å². The third-order valence-corrected chi connectivity index (χ3v) is 1.44. The van der Waals surface area contributed by atoms with Crippen molar-refractivity contribution in [3.05, 3.63) is 18.2 Å². The molecule has 2 aromatic rings. The minimum Gasteiger partial charge on any atom is -0.476 e. The molecule has 2 heterocycles. The van der Waals surface area contributed by atoms with Gasteiger partial charge in [-0.1, -0.05) is 0 Å². The molecular formula is C6H4N4O3. The largest absolute Gasteiger partial charge is 0.476 e. The quantitative estimate of drug-likeness (QED) is 0.681. The van der Waals surface area contributed by atoms with Crippen LogP contribution >= 0.6 is 0 Å². The fourth-order valence-electron chi connectivity index (χ4n) is 0.891. The summed E-state index contributed by atoms with van der Waals surface area (Å²) in [6.45, 7) is 0. The summed E-state index contributed by atoms with van der Waals surface area (Å²) in [6, 6.07) is 0. The van der Waals surface area contributed by atoms with Gasteiger partial charge in [-0.15, -0.1) is 0 Å². The monoisotopic (exact) mass is 180 g/mol. The van der Waals surface area contributed by atoms with Crippen LogP contribution in [0.2, 0.25) is 0 Å². The number of carbonyl (C=O) groups is 1. The van der Waals surface area contributed by atoms with Crippen molar-refractivity contribution in [1.29, 1.82) is 0 Å². The molecule has 0 aromatic carbocycles. The number of hydrogen-bond acceptors (Lipinski definition) is 5.